The fourth-order valence-electron chi connectivity index (χ4n) is 1.57. The van der Waals surface area contributed by atoms with Gasteiger partial charge in [0.2, 0.25) is 0 Å². The van der Waals surface area contributed by atoms with Crippen LogP contribution in [0.15, 0.2) is 29.4 Å². The van der Waals surface area contributed by atoms with E-state index >= 15 is 0 Å². The molecule has 0 saturated heterocycles. The van der Waals surface area contributed by atoms with Gasteiger partial charge in [0.1, 0.15) is 0 Å². The van der Waals surface area contributed by atoms with Crippen LogP contribution in [0.2, 0.25) is 0 Å². The Balaban J connectivity index is 0.00000162. The Morgan fingerprint density at radius 2 is 2.28 bits per heavy atom. The zero-order valence-corrected chi connectivity index (χ0v) is 13.1. The number of aliphatic imine (C=N–C) groups is 1. The minimum Gasteiger partial charge on any atom is -0.357 e. The molecule has 1 aromatic heterocycles. The number of hydrogen-bond acceptors (Lipinski definition) is 2. The van der Waals surface area contributed by atoms with Crippen LogP contribution in [0.5, 0.6) is 0 Å². The summed E-state index contributed by atoms with van der Waals surface area (Å²) >= 11 is 0. The first-order chi connectivity index (χ1) is 8.38. The van der Waals surface area contributed by atoms with Crippen molar-refractivity contribution in [3.05, 3.63) is 30.1 Å². The summed E-state index contributed by atoms with van der Waals surface area (Å²) in [5, 5.41) is 6.66. The molecule has 100 valence electrons. The van der Waals surface area contributed by atoms with Crippen LogP contribution in [-0.4, -0.2) is 30.1 Å². The minimum atomic E-state index is 0. The molecule has 0 aliphatic heterocycles. The monoisotopic (exact) mass is 360 g/mol. The van der Waals surface area contributed by atoms with E-state index in [4.69, 9.17) is 0 Å². The van der Waals surface area contributed by atoms with E-state index in [1.807, 2.05) is 24.4 Å². The van der Waals surface area contributed by atoms with Gasteiger partial charge in [-0.1, -0.05) is 6.07 Å². The van der Waals surface area contributed by atoms with Crippen molar-refractivity contribution in [2.45, 2.75) is 32.2 Å². The molecule has 1 aliphatic carbocycles. The highest BCUT2D eigenvalue weighted by Crippen LogP contribution is 2.18. The summed E-state index contributed by atoms with van der Waals surface area (Å²) in [4.78, 5) is 8.83. The van der Waals surface area contributed by atoms with Gasteiger partial charge >= 0.3 is 0 Å². The second-order valence-corrected chi connectivity index (χ2v) is 4.25. The first-order valence-corrected chi connectivity index (χ1v) is 6.33. The predicted molar refractivity (Wildman–Crippen MR) is 85.5 cm³/mol. The third kappa shape index (κ3) is 5.66. The number of pyridine rings is 1. The third-order valence-corrected chi connectivity index (χ3v) is 2.63. The summed E-state index contributed by atoms with van der Waals surface area (Å²) in [5.74, 6) is 0.936. The Kier molecular flexibility index (Phi) is 7.00. The van der Waals surface area contributed by atoms with Crippen LogP contribution in [0, 0.1) is 0 Å². The molecule has 0 bridgehead atoms. The molecule has 1 saturated carbocycles. The van der Waals surface area contributed by atoms with Crippen LogP contribution >= 0.6 is 24.0 Å². The maximum absolute atomic E-state index is 4.54. The number of aromatic nitrogens is 1. The molecule has 2 N–H and O–H groups in total. The number of hydrogen-bond donors (Lipinski definition) is 2. The van der Waals surface area contributed by atoms with Crippen molar-refractivity contribution in [1.82, 2.24) is 15.6 Å². The summed E-state index contributed by atoms with van der Waals surface area (Å²) < 4.78 is 0. The van der Waals surface area contributed by atoms with Crippen molar-refractivity contribution in [3.8, 4) is 0 Å². The lowest BCUT2D eigenvalue weighted by atomic mass is 10.3. The SMILES string of the molecule is CCNC(=NCCc1ccccn1)NC1CC1.I. The Morgan fingerprint density at radius 3 is 2.89 bits per heavy atom. The van der Waals surface area contributed by atoms with Crippen molar-refractivity contribution in [2.24, 2.45) is 4.99 Å². The average Bonchev–Trinajstić information content (AvgIpc) is 3.15. The summed E-state index contributed by atoms with van der Waals surface area (Å²) in [7, 11) is 0. The molecule has 4 nitrogen and oxygen atoms in total. The van der Waals surface area contributed by atoms with Crippen LogP contribution in [-0.2, 0) is 6.42 Å². The maximum Gasteiger partial charge on any atom is 0.191 e. The van der Waals surface area contributed by atoms with Gasteiger partial charge < -0.3 is 10.6 Å². The Morgan fingerprint density at radius 1 is 1.44 bits per heavy atom. The molecule has 18 heavy (non-hydrogen) atoms. The average molecular weight is 360 g/mol. The second-order valence-electron chi connectivity index (χ2n) is 4.25. The van der Waals surface area contributed by atoms with Crippen LogP contribution in [0.25, 0.3) is 0 Å². The molecule has 5 heteroatoms. The minimum absolute atomic E-state index is 0. The van der Waals surface area contributed by atoms with E-state index in [1.54, 1.807) is 0 Å². The summed E-state index contributed by atoms with van der Waals surface area (Å²) in [6.07, 6.45) is 5.25. The molecule has 0 amide bonds. The molecule has 1 fully saturated rings. The van der Waals surface area contributed by atoms with Crippen LogP contribution in [0.4, 0.5) is 0 Å². The van der Waals surface area contributed by atoms with Gasteiger partial charge in [0, 0.05) is 37.4 Å². The molecular formula is C13H21IN4. The molecule has 0 spiro atoms. The summed E-state index contributed by atoms with van der Waals surface area (Å²) in [6.45, 7) is 3.77. The number of guanidine groups is 1. The van der Waals surface area contributed by atoms with E-state index in [2.05, 4.69) is 27.5 Å². The van der Waals surface area contributed by atoms with Gasteiger partial charge in [-0.05, 0) is 31.9 Å². The van der Waals surface area contributed by atoms with E-state index in [0.717, 1.165) is 31.2 Å². The largest absolute Gasteiger partial charge is 0.357 e. The second kappa shape index (κ2) is 8.29. The fraction of sp³-hybridized carbons (Fsp3) is 0.538. The van der Waals surface area contributed by atoms with Crippen LogP contribution in [0.3, 0.4) is 0 Å². The molecule has 0 unspecified atom stereocenters. The number of halogens is 1. The lowest BCUT2D eigenvalue weighted by Crippen LogP contribution is -2.38. The molecule has 0 aromatic carbocycles. The molecular weight excluding hydrogens is 339 g/mol. The maximum atomic E-state index is 4.54. The van der Waals surface area contributed by atoms with E-state index in [1.165, 1.54) is 12.8 Å². The van der Waals surface area contributed by atoms with E-state index in [9.17, 15) is 0 Å². The Hall–Kier alpha value is -0.850. The Bertz CT molecular complexity index is 363. The standard InChI is InChI=1S/C13H20N4.HI/c1-2-14-13(17-12-6-7-12)16-10-8-11-5-3-4-9-15-11;/h3-5,9,12H,2,6-8,10H2,1H3,(H2,14,16,17);1H. The van der Waals surface area contributed by atoms with Gasteiger partial charge in [-0.15, -0.1) is 24.0 Å². The lowest BCUT2D eigenvalue weighted by Gasteiger charge is -2.09. The van der Waals surface area contributed by atoms with Gasteiger partial charge in [-0.25, -0.2) is 0 Å². The van der Waals surface area contributed by atoms with Crippen molar-refractivity contribution in [1.29, 1.82) is 0 Å². The topological polar surface area (TPSA) is 49.3 Å². The first-order valence-electron chi connectivity index (χ1n) is 6.33. The van der Waals surface area contributed by atoms with E-state index in [0.29, 0.717) is 6.04 Å². The molecule has 0 radical (unpaired) electrons. The lowest BCUT2D eigenvalue weighted by molar-refractivity contribution is 0.804. The van der Waals surface area contributed by atoms with Gasteiger partial charge in [0.05, 0.1) is 0 Å². The normalized spacial score (nSPS) is 14.8. The van der Waals surface area contributed by atoms with Gasteiger partial charge in [-0.2, -0.15) is 0 Å². The highest BCUT2D eigenvalue weighted by atomic mass is 127. The summed E-state index contributed by atoms with van der Waals surface area (Å²) in [6, 6.07) is 6.63. The van der Waals surface area contributed by atoms with Crippen molar-refractivity contribution in [2.75, 3.05) is 13.1 Å². The molecule has 1 aromatic rings. The molecule has 2 rings (SSSR count). The zero-order valence-electron chi connectivity index (χ0n) is 10.7. The fourth-order valence-corrected chi connectivity index (χ4v) is 1.57. The van der Waals surface area contributed by atoms with Crippen LogP contribution < -0.4 is 10.6 Å². The number of nitrogens with zero attached hydrogens (tertiary/aromatic N) is 2. The number of nitrogens with one attached hydrogen (secondary N) is 2. The first kappa shape index (κ1) is 15.2. The molecule has 1 aliphatic rings. The number of rotatable bonds is 5. The van der Waals surface area contributed by atoms with Gasteiger partial charge in [-0.3, -0.25) is 9.98 Å². The van der Waals surface area contributed by atoms with Gasteiger partial charge in [0.15, 0.2) is 5.96 Å². The predicted octanol–water partition coefficient (Wildman–Crippen LogP) is 1.96. The zero-order chi connectivity index (χ0) is 11.9. The third-order valence-electron chi connectivity index (χ3n) is 2.63. The Labute approximate surface area is 126 Å². The van der Waals surface area contributed by atoms with E-state index < -0.39 is 0 Å². The van der Waals surface area contributed by atoms with Crippen LogP contribution in [0.1, 0.15) is 25.5 Å². The van der Waals surface area contributed by atoms with Crippen molar-refractivity contribution < 1.29 is 0 Å². The molecule has 0 atom stereocenters. The van der Waals surface area contributed by atoms with Gasteiger partial charge in [0.25, 0.3) is 0 Å². The van der Waals surface area contributed by atoms with Crippen molar-refractivity contribution >= 4 is 29.9 Å². The quantitative estimate of drug-likeness (QED) is 0.480. The summed E-state index contributed by atoms with van der Waals surface area (Å²) in [5.41, 5.74) is 1.10. The highest BCUT2D eigenvalue weighted by molar-refractivity contribution is 14.0. The van der Waals surface area contributed by atoms with E-state index in [-0.39, 0.29) is 24.0 Å². The van der Waals surface area contributed by atoms with Crippen molar-refractivity contribution in [3.63, 3.8) is 0 Å². The highest BCUT2D eigenvalue weighted by Gasteiger charge is 2.21. The smallest absolute Gasteiger partial charge is 0.191 e. The molecule has 1 heterocycles.